The van der Waals surface area contributed by atoms with Crippen molar-refractivity contribution in [2.45, 2.75) is 38.8 Å². The Kier molecular flexibility index (Phi) is 3.36. The molecule has 0 amide bonds. The minimum atomic E-state index is -0.598. The molecule has 6 heteroatoms. The normalized spacial score (nSPS) is 30.1. The van der Waals surface area contributed by atoms with Crippen LogP contribution in [0, 0.1) is 27.3 Å². The van der Waals surface area contributed by atoms with Crippen molar-refractivity contribution in [3.63, 3.8) is 0 Å². The van der Waals surface area contributed by atoms with Crippen LogP contribution in [0.5, 0.6) is 0 Å². The first-order valence-electron chi connectivity index (χ1n) is 7.23. The Balaban J connectivity index is 1.85. The number of rotatable bonds is 3. The molecule has 0 aromatic heterocycles. The van der Waals surface area contributed by atoms with E-state index in [1.807, 2.05) is 0 Å². The largest absolute Gasteiger partial charge is 0.377 e. The van der Waals surface area contributed by atoms with Crippen LogP contribution in [0.4, 0.5) is 15.8 Å². The van der Waals surface area contributed by atoms with Crippen molar-refractivity contribution in [3.8, 4) is 0 Å². The van der Waals surface area contributed by atoms with Gasteiger partial charge in [-0.05, 0) is 25.0 Å². The first-order chi connectivity index (χ1) is 9.91. The van der Waals surface area contributed by atoms with E-state index < -0.39 is 10.7 Å². The number of benzene rings is 1. The lowest BCUT2D eigenvalue weighted by molar-refractivity contribution is -0.384. The number of anilines is 1. The van der Waals surface area contributed by atoms with Crippen molar-refractivity contribution in [1.29, 1.82) is 0 Å². The fourth-order valence-corrected chi connectivity index (χ4v) is 3.76. The summed E-state index contributed by atoms with van der Waals surface area (Å²) in [5, 5.41) is 14.3. The van der Waals surface area contributed by atoms with E-state index in [0.717, 1.165) is 25.5 Å². The third-order valence-corrected chi connectivity index (χ3v) is 4.80. The standard InChI is InChI=1S/C15H19FN2O3/c1-15(2)13(10-4-3-7-21-14(10)15)17-11-6-5-9(16)8-12(11)18(19)20/h5-6,8,10,13-14,17H,3-4,7H2,1-2H3. The van der Waals surface area contributed by atoms with E-state index in [4.69, 9.17) is 4.74 Å². The molecule has 1 aromatic rings. The van der Waals surface area contributed by atoms with Gasteiger partial charge in [0.2, 0.25) is 0 Å². The zero-order valence-electron chi connectivity index (χ0n) is 12.1. The van der Waals surface area contributed by atoms with Gasteiger partial charge in [0, 0.05) is 24.0 Å². The van der Waals surface area contributed by atoms with Gasteiger partial charge >= 0.3 is 0 Å². The molecule has 3 rings (SSSR count). The van der Waals surface area contributed by atoms with E-state index in [1.165, 1.54) is 12.1 Å². The maximum Gasteiger partial charge on any atom is 0.295 e. The Morgan fingerprint density at radius 3 is 2.95 bits per heavy atom. The predicted molar refractivity (Wildman–Crippen MR) is 76.7 cm³/mol. The van der Waals surface area contributed by atoms with Crippen LogP contribution in [0.2, 0.25) is 0 Å². The summed E-state index contributed by atoms with van der Waals surface area (Å²) in [4.78, 5) is 10.5. The van der Waals surface area contributed by atoms with Crippen LogP contribution < -0.4 is 5.32 Å². The highest BCUT2D eigenvalue weighted by Gasteiger charge is 2.58. The Morgan fingerprint density at radius 1 is 1.48 bits per heavy atom. The van der Waals surface area contributed by atoms with E-state index in [0.29, 0.717) is 11.6 Å². The number of ether oxygens (including phenoxy) is 1. The molecule has 1 saturated heterocycles. The second-order valence-electron chi connectivity index (χ2n) is 6.46. The van der Waals surface area contributed by atoms with Gasteiger partial charge in [-0.3, -0.25) is 10.1 Å². The molecule has 0 bridgehead atoms. The summed E-state index contributed by atoms with van der Waals surface area (Å²) in [5.74, 6) is -0.239. The molecule has 1 heterocycles. The van der Waals surface area contributed by atoms with Crippen molar-refractivity contribution in [1.82, 2.24) is 0 Å². The van der Waals surface area contributed by atoms with Crippen molar-refractivity contribution < 1.29 is 14.1 Å². The van der Waals surface area contributed by atoms with Crippen LogP contribution in [-0.2, 0) is 4.74 Å². The van der Waals surface area contributed by atoms with Crippen LogP contribution >= 0.6 is 0 Å². The summed E-state index contributed by atoms with van der Waals surface area (Å²) in [5.41, 5.74) is 0.0716. The van der Waals surface area contributed by atoms with Crippen LogP contribution in [0.25, 0.3) is 0 Å². The van der Waals surface area contributed by atoms with E-state index in [1.54, 1.807) is 0 Å². The van der Waals surface area contributed by atoms with E-state index in [-0.39, 0.29) is 23.2 Å². The molecule has 114 valence electrons. The summed E-state index contributed by atoms with van der Waals surface area (Å²) < 4.78 is 19.0. The molecule has 2 fully saturated rings. The number of nitro benzene ring substituents is 1. The number of nitrogens with one attached hydrogen (secondary N) is 1. The molecular formula is C15H19FN2O3. The van der Waals surface area contributed by atoms with Crippen molar-refractivity contribution in [2.24, 2.45) is 11.3 Å². The molecule has 3 unspecified atom stereocenters. The fraction of sp³-hybridized carbons (Fsp3) is 0.600. The van der Waals surface area contributed by atoms with E-state index in [9.17, 15) is 14.5 Å². The van der Waals surface area contributed by atoms with E-state index >= 15 is 0 Å². The van der Waals surface area contributed by atoms with Gasteiger partial charge in [0.1, 0.15) is 11.5 Å². The van der Waals surface area contributed by atoms with Gasteiger partial charge < -0.3 is 10.1 Å². The number of nitro groups is 1. The fourth-order valence-electron chi connectivity index (χ4n) is 3.76. The molecule has 1 aromatic carbocycles. The highest BCUT2D eigenvalue weighted by atomic mass is 19.1. The summed E-state index contributed by atoms with van der Waals surface area (Å²) >= 11 is 0. The zero-order chi connectivity index (χ0) is 15.2. The number of fused-ring (bicyclic) bond motifs is 1. The quantitative estimate of drug-likeness (QED) is 0.686. The predicted octanol–water partition coefficient (Wildman–Crippen LogP) is 3.35. The lowest BCUT2D eigenvalue weighted by Crippen LogP contribution is -2.67. The molecule has 1 saturated carbocycles. The molecule has 1 aliphatic carbocycles. The van der Waals surface area contributed by atoms with E-state index in [2.05, 4.69) is 19.2 Å². The highest BCUT2D eigenvalue weighted by molar-refractivity contribution is 5.62. The molecule has 5 nitrogen and oxygen atoms in total. The van der Waals surface area contributed by atoms with Crippen LogP contribution in [0.3, 0.4) is 0 Å². The molecule has 0 spiro atoms. The Hall–Kier alpha value is -1.69. The van der Waals surface area contributed by atoms with Crippen molar-refractivity contribution in [2.75, 3.05) is 11.9 Å². The monoisotopic (exact) mass is 294 g/mol. The Bertz CT molecular complexity index is 576. The van der Waals surface area contributed by atoms with Gasteiger partial charge in [0.15, 0.2) is 0 Å². The minimum Gasteiger partial charge on any atom is -0.377 e. The van der Waals surface area contributed by atoms with Crippen LogP contribution in [-0.4, -0.2) is 23.7 Å². The smallest absolute Gasteiger partial charge is 0.295 e. The highest BCUT2D eigenvalue weighted by Crippen LogP contribution is 2.52. The molecule has 2 aliphatic rings. The molecule has 3 atom stereocenters. The molecule has 1 N–H and O–H groups in total. The van der Waals surface area contributed by atoms with Gasteiger partial charge in [-0.2, -0.15) is 0 Å². The second kappa shape index (κ2) is 4.94. The maximum absolute atomic E-state index is 13.2. The third kappa shape index (κ3) is 2.27. The third-order valence-electron chi connectivity index (χ3n) is 4.80. The number of halogens is 1. The molecule has 1 aliphatic heterocycles. The Morgan fingerprint density at radius 2 is 2.24 bits per heavy atom. The Labute approximate surface area is 122 Å². The first kappa shape index (κ1) is 14.3. The van der Waals surface area contributed by atoms with Gasteiger partial charge in [-0.25, -0.2) is 4.39 Å². The summed E-state index contributed by atoms with van der Waals surface area (Å²) in [7, 11) is 0. The van der Waals surface area contributed by atoms with Gasteiger partial charge in [-0.1, -0.05) is 13.8 Å². The SMILES string of the molecule is CC1(C)C(Nc2ccc(F)cc2[N+](=O)[O-])C2CCCOC21. The van der Waals surface area contributed by atoms with Crippen LogP contribution in [0.15, 0.2) is 18.2 Å². The molecule has 0 radical (unpaired) electrons. The van der Waals surface area contributed by atoms with Gasteiger partial charge in [-0.15, -0.1) is 0 Å². The van der Waals surface area contributed by atoms with Gasteiger partial charge in [0.25, 0.3) is 5.69 Å². The lowest BCUT2D eigenvalue weighted by atomic mass is 9.55. The summed E-state index contributed by atoms with van der Waals surface area (Å²) in [6, 6.07) is 3.76. The number of nitrogens with zero attached hydrogens (tertiary/aromatic N) is 1. The topological polar surface area (TPSA) is 64.4 Å². The average molecular weight is 294 g/mol. The minimum absolute atomic E-state index is 0.0899. The number of hydrogen-bond donors (Lipinski definition) is 1. The summed E-state index contributed by atoms with van der Waals surface area (Å²) in [6.45, 7) is 4.99. The maximum atomic E-state index is 13.2. The zero-order valence-corrected chi connectivity index (χ0v) is 12.1. The number of hydrogen-bond acceptors (Lipinski definition) is 4. The first-order valence-corrected chi connectivity index (χ1v) is 7.23. The van der Waals surface area contributed by atoms with Crippen molar-refractivity contribution >= 4 is 11.4 Å². The second-order valence-corrected chi connectivity index (χ2v) is 6.46. The average Bonchev–Trinajstić information content (AvgIpc) is 2.45. The van der Waals surface area contributed by atoms with Crippen molar-refractivity contribution in [3.05, 3.63) is 34.1 Å². The lowest BCUT2D eigenvalue weighted by Gasteiger charge is -2.60. The van der Waals surface area contributed by atoms with Crippen LogP contribution in [0.1, 0.15) is 26.7 Å². The summed E-state index contributed by atoms with van der Waals surface area (Å²) in [6.07, 6.45) is 2.27. The molecular weight excluding hydrogens is 275 g/mol. The molecule has 21 heavy (non-hydrogen) atoms. The van der Waals surface area contributed by atoms with Gasteiger partial charge in [0.05, 0.1) is 17.1 Å².